The largest absolute Gasteiger partial charge is 0.493 e. The maximum absolute atomic E-state index is 13.1. The maximum Gasteiger partial charge on any atom is 0.335 e. The highest BCUT2D eigenvalue weighted by Crippen LogP contribution is 2.32. The Balaban J connectivity index is 2.08. The summed E-state index contributed by atoms with van der Waals surface area (Å²) in [5.74, 6) is -0.415. The zero-order chi connectivity index (χ0) is 21.3. The minimum atomic E-state index is -0.772. The summed E-state index contributed by atoms with van der Waals surface area (Å²) in [5.41, 5.74) is 3.46. The molecule has 2 aromatic rings. The number of benzene rings is 2. The SMILES string of the molecule is COc1cc(C)c(/C=C2\C(=O)NC(=O)N(c3cc(C)cc(C)c3)C2=O)cc1OC. The first kappa shape index (κ1) is 20.1. The number of urea groups is 1. The normalized spacial score (nSPS) is 15.6. The fraction of sp³-hybridized carbons (Fsp3) is 0.227. The van der Waals surface area contributed by atoms with E-state index in [4.69, 9.17) is 9.47 Å². The minimum absolute atomic E-state index is 0.140. The molecule has 7 nitrogen and oxygen atoms in total. The average molecular weight is 394 g/mol. The Morgan fingerprint density at radius 1 is 0.862 bits per heavy atom. The maximum atomic E-state index is 13.1. The number of nitrogens with one attached hydrogen (secondary N) is 1. The van der Waals surface area contributed by atoms with Gasteiger partial charge in [0.05, 0.1) is 19.9 Å². The molecule has 1 saturated heterocycles. The number of carbonyl (C=O) groups is 3. The van der Waals surface area contributed by atoms with Crippen LogP contribution in [-0.2, 0) is 9.59 Å². The van der Waals surface area contributed by atoms with Gasteiger partial charge in [-0.15, -0.1) is 0 Å². The van der Waals surface area contributed by atoms with Crippen LogP contribution in [0.4, 0.5) is 10.5 Å². The highest BCUT2D eigenvalue weighted by molar-refractivity contribution is 6.39. The smallest absolute Gasteiger partial charge is 0.335 e. The summed E-state index contributed by atoms with van der Waals surface area (Å²) in [7, 11) is 3.03. The van der Waals surface area contributed by atoms with Crippen LogP contribution in [0, 0.1) is 20.8 Å². The highest BCUT2D eigenvalue weighted by atomic mass is 16.5. The summed E-state index contributed by atoms with van der Waals surface area (Å²) < 4.78 is 10.6. The molecule has 0 unspecified atom stereocenters. The van der Waals surface area contributed by atoms with Crippen molar-refractivity contribution in [2.75, 3.05) is 19.1 Å². The van der Waals surface area contributed by atoms with Crippen molar-refractivity contribution in [1.82, 2.24) is 5.32 Å². The quantitative estimate of drug-likeness (QED) is 0.635. The number of ether oxygens (including phenoxy) is 2. The number of carbonyl (C=O) groups excluding carboxylic acids is 3. The van der Waals surface area contributed by atoms with E-state index >= 15 is 0 Å². The van der Waals surface area contributed by atoms with Crippen LogP contribution in [0.25, 0.3) is 6.08 Å². The number of hydrogen-bond acceptors (Lipinski definition) is 5. The fourth-order valence-electron chi connectivity index (χ4n) is 3.28. The number of anilines is 1. The third kappa shape index (κ3) is 3.85. The van der Waals surface area contributed by atoms with Crippen molar-refractivity contribution in [1.29, 1.82) is 0 Å². The van der Waals surface area contributed by atoms with Crippen LogP contribution < -0.4 is 19.7 Å². The molecule has 0 aromatic heterocycles. The number of imide groups is 2. The van der Waals surface area contributed by atoms with Crippen LogP contribution in [0.15, 0.2) is 35.9 Å². The van der Waals surface area contributed by atoms with Gasteiger partial charge in [-0.1, -0.05) is 6.07 Å². The molecule has 0 radical (unpaired) electrons. The van der Waals surface area contributed by atoms with Gasteiger partial charge in [-0.25, -0.2) is 9.69 Å². The standard InChI is InChI=1S/C22H22N2O5/c1-12-6-13(2)8-16(7-12)24-21(26)17(20(25)23-22(24)27)10-15-11-19(29-5)18(28-4)9-14(15)3/h6-11H,1-5H3,(H,23,25,27)/b17-10+. The van der Waals surface area contributed by atoms with Crippen LogP contribution in [0.5, 0.6) is 11.5 Å². The van der Waals surface area contributed by atoms with Gasteiger partial charge in [0.1, 0.15) is 5.57 Å². The second-order valence-electron chi connectivity index (χ2n) is 6.87. The number of hydrogen-bond donors (Lipinski definition) is 1. The monoisotopic (exact) mass is 394 g/mol. The van der Waals surface area contributed by atoms with E-state index in [1.165, 1.54) is 20.3 Å². The van der Waals surface area contributed by atoms with Gasteiger partial charge in [0.25, 0.3) is 11.8 Å². The van der Waals surface area contributed by atoms with Gasteiger partial charge >= 0.3 is 6.03 Å². The lowest BCUT2D eigenvalue weighted by Crippen LogP contribution is -2.54. The van der Waals surface area contributed by atoms with E-state index in [0.29, 0.717) is 22.7 Å². The van der Waals surface area contributed by atoms with Gasteiger partial charge < -0.3 is 9.47 Å². The molecule has 150 valence electrons. The molecule has 0 aliphatic carbocycles. The van der Waals surface area contributed by atoms with Crippen molar-refractivity contribution in [2.24, 2.45) is 0 Å². The molecule has 1 aliphatic heterocycles. The van der Waals surface area contributed by atoms with Crippen molar-refractivity contribution in [2.45, 2.75) is 20.8 Å². The van der Waals surface area contributed by atoms with Crippen molar-refractivity contribution in [3.05, 3.63) is 58.2 Å². The molecule has 0 bridgehead atoms. The van der Waals surface area contributed by atoms with Crippen molar-refractivity contribution >= 4 is 29.6 Å². The third-order valence-electron chi connectivity index (χ3n) is 4.64. The van der Waals surface area contributed by atoms with E-state index in [2.05, 4.69) is 5.32 Å². The third-order valence-corrected chi connectivity index (χ3v) is 4.64. The van der Waals surface area contributed by atoms with Gasteiger partial charge in [0, 0.05) is 0 Å². The zero-order valence-corrected chi connectivity index (χ0v) is 17.0. The molecule has 2 aromatic carbocycles. The van der Waals surface area contributed by atoms with Crippen LogP contribution in [0.1, 0.15) is 22.3 Å². The Morgan fingerprint density at radius 2 is 1.45 bits per heavy atom. The second-order valence-corrected chi connectivity index (χ2v) is 6.87. The van der Waals surface area contributed by atoms with Crippen LogP contribution in [-0.4, -0.2) is 32.1 Å². The molecule has 3 rings (SSSR count). The summed E-state index contributed by atoms with van der Waals surface area (Å²) >= 11 is 0. The molecule has 0 atom stereocenters. The van der Waals surface area contributed by atoms with E-state index < -0.39 is 17.8 Å². The van der Waals surface area contributed by atoms with Gasteiger partial charge in [-0.3, -0.25) is 14.9 Å². The Hall–Kier alpha value is -3.61. The van der Waals surface area contributed by atoms with Gasteiger partial charge in [0.15, 0.2) is 11.5 Å². The Morgan fingerprint density at radius 3 is 2.03 bits per heavy atom. The van der Waals surface area contributed by atoms with E-state index in [9.17, 15) is 14.4 Å². The van der Waals surface area contributed by atoms with Crippen molar-refractivity contribution in [3.63, 3.8) is 0 Å². The first-order valence-corrected chi connectivity index (χ1v) is 8.97. The van der Waals surface area contributed by atoms with Gasteiger partial charge in [0.2, 0.25) is 0 Å². The lowest BCUT2D eigenvalue weighted by molar-refractivity contribution is -0.122. The Bertz CT molecular complexity index is 1040. The Kier molecular flexibility index (Phi) is 5.41. The summed E-state index contributed by atoms with van der Waals surface area (Å²) in [6, 6.07) is 8.04. The summed E-state index contributed by atoms with van der Waals surface area (Å²) in [5, 5.41) is 2.24. The van der Waals surface area contributed by atoms with Gasteiger partial charge in [-0.2, -0.15) is 0 Å². The van der Waals surface area contributed by atoms with E-state index in [1.54, 1.807) is 24.3 Å². The molecule has 1 heterocycles. The molecule has 4 amide bonds. The van der Waals surface area contributed by atoms with E-state index in [1.807, 2.05) is 26.8 Å². The molecular formula is C22H22N2O5. The lowest BCUT2D eigenvalue weighted by Gasteiger charge is -2.27. The lowest BCUT2D eigenvalue weighted by atomic mass is 10.0. The fourth-order valence-corrected chi connectivity index (χ4v) is 3.28. The molecular weight excluding hydrogens is 372 g/mol. The molecule has 0 spiro atoms. The average Bonchev–Trinajstić information content (AvgIpc) is 2.64. The highest BCUT2D eigenvalue weighted by Gasteiger charge is 2.37. The predicted octanol–water partition coefficient (Wildman–Crippen LogP) is 3.30. The number of aryl methyl sites for hydroxylation is 3. The second kappa shape index (κ2) is 7.79. The topological polar surface area (TPSA) is 84.9 Å². The number of amides is 4. The van der Waals surface area contributed by atoms with E-state index in [0.717, 1.165) is 21.6 Å². The summed E-state index contributed by atoms with van der Waals surface area (Å²) in [4.78, 5) is 38.9. The first-order valence-electron chi connectivity index (χ1n) is 8.97. The van der Waals surface area contributed by atoms with Crippen LogP contribution >= 0.6 is 0 Å². The minimum Gasteiger partial charge on any atom is -0.493 e. The van der Waals surface area contributed by atoms with Crippen LogP contribution in [0.2, 0.25) is 0 Å². The number of barbiturate groups is 1. The van der Waals surface area contributed by atoms with Crippen LogP contribution in [0.3, 0.4) is 0 Å². The number of methoxy groups -OCH3 is 2. The van der Waals surface area contributed by atoms with E-state index in [-0.39, 0.29) is 5.57 Å². The van der Waals surface area contributed by atoms with Gasteiger partial charge in [-0.05, 0) is 73.4 Å². The summed E-state index contributed by atoms with van der Waals surface area (Å²) in [6.07, 6.45) is 1.46. The van der Waals surface area contributed by atoms with Crippen molar-refractivity contribution in [3.8, 4) is 11.5 Å². The first-order chi connectivity index (χ1) is 13.7. The van der Waals surface area contributed by atoms with Crippen molar-refractivity contribution < 1.29 is 23.9 Å². The predicted molar refractivity (Wildman–Crippen MR) is 109 cm³/mol. The number of nitrogens with zero attached hydrogens (tertiary/aromatic N) is 1. The molecule has 1 N–H and O–H groups in total. The molecule has 7 heteroatoms. The Labute approximate surface area is 168 Å². The zero-order valence-electron chi connectivity index (χ0n) is 17.0. The molecule has 29 heavy (non-hydrogen) atoms. The molecule has 0 saturated carbocycles. The number of rotatable bonds is 4. The molecule has 1 fully saturated rings. The molecule has 1 aliphatic rings. The summed E-state index contributed by atoms with van der Waals surface area (Å²) in [6.45, 7) is 5.57.